The molecule has 0 saturated heterocycles. The van der Waals surface area contributed by atoms with Crippen LogP contribution in [-0.2, 0) is 11.3 Å². The molecule has 1 saturated carbocycles. The molecule has 1 aromatic carbocycles. The number of carbonyl (C=O) groups excluding carboxylic acids is 2. The number of amides is 2. The van der Waals surface area contributed by atoms with Gasteiger partial charge in [-0.15, -0.1) is 0 Å². The summed E-state index contributed by atoms with van der Waals surface area (Å²) in [6.07, 6.45) is 5.92. The Bertz CT molecular complexity index is 1090. The van der Waals surface area contributed by atoms with Gasteiger partial charge in [-0.25, -0.2) is 4.79 Å². The average molecular weight is 425 g/mol. The van der Waals surface area contributed by atoms with Crippen molar-refractivity contribution in [3.05, 3.63) is 58.0 Å². The monoisotopic (exact) mass is 425 g/mol. The summed E-state index contributed by atoms with van der Waals surface area (Å²) >= 11 is 0. The molecule has 162 valence electrons. The Kier molecular flexibility index (Phi) is 5.50. The Labute approximate surface area is 177 Å². The molecule has 1 atom stereocenters. The fraction of sp³-hybridized carbons (Fsp3) is 0.364. The third kappa shape index (κ3) is 3.78. The number of nitrogens with one attached hydrogen (secondary N) is 1. The molecule has 1 unspecified atom stereocenters. The molecule has 1 aliphatic carbocycles. The number of anilines is 1. The molecule has 1 aromatic heterocycles. The summed E-state index contributed by atoms with van der Waals surface area (Å²) in [4.78, 5) is 51.5. The van der Waals surface area contributed by atoms with E-state index in [9.17, 15) is 29.4 Å². The first-order chi connectivity index (χ1) is 14.9. The van der Waals surface area contributed by atoms with Crippen molar-refractivity contribution in [2.45, 2.75) is 50.7 Å². The molecule has 0 spiro atoms. The van der Waals surface area contributed by atoms with Crippen molar-refractivity contribution in [2.75, 3.05) is 4.90 Å². The van der Waals surface area contributed by atoms with Gasteiger partial charge in [-0.05, 0) is 25.0 Å². The van der Waals surface area contributed by atoms with Gasteiger partial charge in [0, 0.05) is 17.9 Å². The largest absolute Gasteiger partial charge is 0.503 e. The average Bonchev–Trinajstić information content (AvgIpc) is 2.76. The highest BCUT2D eigenvalue weighted by Gasteiger charge is 2.41. The van der Waals surface area contributed by atoms with E-state index in [0.717, 1.165) is 38.3 Å². The molecule has 9 nitrogen and oxygen atoms in total. The number of carbonyl (C=O) groups is 3. The normalized spacial score (nSPS) is 19.0. The van der Waals surface area contributed by atoms with Crippen molar-refractivity contribution in [3.8, 4) is 5.75 Å². The Morgan fingerprint density at radius 1 is 1.03 bits per heavy atom. The van der Waals surface area contributed by atoms with Gasteiger partial charge in [0.15, 0.2) is 11.4 Å². The first-order valence-electron chi connectivity index (χ1n) is 10.3. The maximum absolute atomic E-state index is 13.4. The minimum Gasteiger partial charge on any atom is -0.503 e. The van der Waals surface area contributed by atoms with E-state index in [1.165, 1.54) is 9.47 Å². The minimum atomic E-state index is -1.52. The first kappa shape index (κ1) is 20.6. The van der Waals surface area contributed by atoms with Gasteiger partial charge in [0.2, 0.25) is 11.3 Å². The third-order valence-electron chi connectivity index (χ3n) is 5.88. The van der Waals surface area contributed by atoms with E-state index in [2.05, 4.69) is 5.32 Å². The van der Waals surface area contributed by atoms with Crippen molar-refractivity contribution in [1.82, 2.24) is 9.88 Å². The first-order valence-corrected chi connectivity index (χ1v) is 10.3. The molecule has 0 radical (unpaired) electrons. The lowest BCUT2D eigenvalue weighted by Gasteiger charge is -2.38. The highest BCUT2D eigenvalue weighted by molar-refractivity contribution is 6.11. The number of carboxylic acids is 1. The molecule has 31 heavy (non-hydrogen) atoms. The number of benzene rings is 1. The van der Waals surface area contributed by atoms with E-state index in [-0.39, 0.29) is 24.2 Å². The zero-order valence-electron chi connectivity index (χ0n) is 16.8. The van der Waals surface area contributed by atoms with Crippen LogP contribution in [0.15, 0.2) is 41.3 Å². The van der Waals surface area contributed by atoms with Crippen molar-refractivity contribution >= 4 is 23.5 Å². The molecule has 2 aromatic rings. The number of aromatic hydroxyl groups is 1. The number of aromatic carboxylic acids is 1. The second-order valence-electron chi connectivity index (χ2n) is 7.90. The van der Waals surface area contributed by atoms with Gasteiger partial charge in [-0.1, -0.05) is 37.5 Å². The Morgan fingerprint density at radius 3 is 2.35 bits per heavy atom. The Morgan fingerprint density at radius 2 is 1.71 bits per heavy atom. The lowest BCUT2D eigenvalue weighted by molar-refractivity contribution is -0.123. The summed E-state index contributed by atoms with van der Waals surface area (Å²) in [5.41, 5.74) is -1.68. The predicted molar refractivity (Wildman–Crippen MR) is 111 cm³/mol. The van der Waals surface area contributed by atoms with Crippen molar-refractivity contribution in [3.63, 3.8) is 0 Å². The highest BCUT2D eigenvalue weighted by Crippen LogP contribution is 2.29. The van der Waals surface area contributed by atoms with Gasteiger partial charge >= 0.3 is 5.97 Å². The zero-order chi connectivity index (χ0) is 22.1. The quantitative estimate of drug-likeness (QED) is 0.684. The number of aromatic nitrogens is 1. The number of para-hydroxylation sites is 1. The lowest BCUT2D eigenvalue weighted by Crippen LogP contribution is -2.57. The molecule has 0 bridgehead atoms. The summed E-state index contributed by atoms with van der Waals surface area (Å²) in [6.45, 7) is -0.0946. The van der Waals surface area contributed by atoms with Gasteiger partial charge < -0.3 is 20.1 Å². The molecule has 2 heterocycles. The van der Waals surface area contributed by atoms with Crippen molar-refractivity contribution < 1.29 is 24.6 Å². The third-order valence-corrected chi connectivity index (χ3v) is 5.88. The van der Waals surface area contributed by atoms with Crippen LogP contribution in [0.2, 0.25) is 0 Å². The van der Waals surface area contributed by atoms with E-state index >= 15 is 0 Å². The van der Waals surface area contributed by atoms with Crippen LogP contribution in [0.25, 0.3) is 0 Å². The van der Waals surface area contributed by atoms with Crippen LogP contribution in [0.5, 0.6) is 5.75 Å². The molecule has 3 N–H and O–H groups in total. The fourth-order valence-electron chi connectivity index (χ4n) is 4.32. The van der Waals surface area contributed by atoms with Crippen LogP contribution in [0.4, 0.5) is 5.69 Å². The van der Waals surface area contributed by atoms with Gasteiger partial charge in [0.1, 0.15) is 11.6 Å². The van der Waals surface area contributed by atoms with Crippen molar-refractivity contribution in [1.29, 1.82) is 0 Å². The van der Waals surface area contributed by atoms with E-state index in [0.29, 0.717) is 5.69 Å². The summed E-state index contributed by atoms with van der Waals surface area (Å²) in [7, 11) is 0. The minimum absolute atomic E-state index is 0.0207. The van der Waals surface area contributed by atoms with E-state index in [1.54, 1.807) is 30.3 Å². The summed E-state index contributed by atoms with van der Waals surface area (Å²) in [5, 5.41) is 22.6. The number of rotatable bonds is 4. The SMILES string of the molecule is O=C(O)c1cn2c(c(O)c1=O)C(=O)N(c1ccccc1)C(C(=O)NC1CCCCC1)C2. The number of hydrogen-bond donors (Lipinski definition) is 3. The van der Waals surface area contributed by atoms with Gasteiger partial charge in [-0.2, -0.15) is 0 Å². The van der Waals surface area contributed by atoms with E-state index in [4.69, 9.17) is 0 Å². The number of fused-ring (bicyclic) bond motifs is 1. The number of carboxylic acid groups (broad SMARTS) is 1. The molecule has 2 amide bonds. The molecule has 1 fully saturated rings. The molecule has 1 aliphatic heterocycles. The summed E-state index contributed by atoms with van der Waals surface area (Å²) in [5.74, 6) is -3.55. The number of hydrogen-bond acceptors (Lipinski definition) is 5. The summed E-state index contributed by atoms with van der Waals surface area (Å²) < 4.78 is 1.19. The van der Waals surface area contributed by atoms with Crippen LogP contribution in [-0.4, -0.2) is 44.6 Å². The molecule has 4 rings (SSSR count). The predicted octanol–water partition coefficient (Wildman–Crippen LogP) is 1.73. The molecule has 2 aliphatic rings. The Hall–Kier alpha value is -3.62. The van der Waals surface area contributed by atoms with Crippen LogP contribution < -0.4 is 15.6 Å². The van der Waals surface area contributed by atoms with Crippen LogP contribution in [0.1, 0.15) is 53.0 Å². The second-order valence-corrected chi connectivity index (χ2v) is 7.90. The fourth-order valence-corrected chi connectivity index (χ4v) is 4.32. The standard InChI is InChI=1S/C22H23N3O6/c26-18-15(22(30)31)11-24-12-16(20(28)23-13-7-3-1-4-8-13)25(14-9-5-2-6-10-14)21(29)17(24)19(18)27/h2,5-6,9-11,13,16,27H,1,3-4,7-8,12H2,(H,23,28)(H,30,31). The highest BCUT2D eigenvalue weighted by atomic mass is 16.4. The zero-order valence-corrected chi connectivity index (χ0v) is 16.8. The summed E-state index contributed by atoms with van der Waals surface area (Å²) in [6, 6.07) is 7.58. The second kappa shape index (κ2) is 8.25. The topological polar surface area (TPSA) is 129 Å². The van der Waals surface area contributed by atoms with Gasteiger partial charge in [-0.3, -0.25) is 19.3 Å². The van der Waals surface area contributed by atoms with Gasteiger partial charge in [0.05, 0.1) is 6.54 Å². The lowest BCUT2D eigenvalue weighted by atomic mass is 9.95. The number of pyridine rings is 1. The molecular formula is C22H23N3O6. The smallest absolute Gasteiger partial charge is 0.341 e. The van der Waals surface area contributed by atoms with Crippen LogP contribution in [0.3, 0.4) is 0 Å². The van der Waals surface area contributed by atoms with E-state index < -0.39 is 34.7 Å². The molecule has 9 heteroatoms. The van der Waals surface area contributed by atoms with Crippen molar-refractivity contribution in [2.24, 2.45) is 0 Å². The van der Waals surface area contributed by atoms with Gasteiger partial charge in [0.25, 0.3) is 5.91 Å². The van der Waals surface area contributed by atoms with Crippen LogP contribution >= 0.6 is 0 Å². The Balaban J connectivity index is 1.78. The maximum atomic E-state index is 13.4. The maximum Gasteiger partial charge on any atom is 0.341 e. The van der Waals surface area contributed by atoms with E-state index in [1.807, 2.05) is 0 Å². The molecular weight excluding hydrogens is 402 g/mol. The number of nitrogens with zero attached hydrogens (tertiary/aromatic N) is 2. The van der Waals surface area contributed by atoms with Crippen LogP contribution in [0, 0.1) is 0 Å².